The Morgan fingerprint density at radius 2 is 1.93 bits per heavy atom. The van der Waals surface area contributed by atoms with Gasteiger partial charge in [-0.15, -0.1) is 0 Å². The van der Waals surface area contributed by atoms with Crippen molar-refractivity contribution in [2.75, 3.05) is 26.8 Å². The fourth-order valence-corrected chi connectivity index (χ4v) is 3.51. The van der Waals surface area contributed by atoms with Crippen LogP contribution in [0.1, 0.15) is 40.2 Å². The number of methoxy groups -OCH3 is 1. The lowest BCUT2D eigenvalue weighted by Gasteiger charge is -2.26. The van der Waals surface area contributed by atoms with E-state index >= 15 is 0 Å². The number of pyridine rings is 1. The minimum absolute atomic E-state index is 0.0487. The van der Waals surface area contributed by atoms with Gasteiger partial charge >= 0.3 is 0 Å². The molecule has 1 aromatic heterocycles. The van der Waals surface area contributed by atoms with E-state index in [0.29, 0.717) is 18.7 Å². The third kappa shape index (κ3) is 5.30. The number of nitrogens with zero attached hydrogens (tertiary/aromatic N) is 2. The van der Waals surface area contributed by atoms with Gasteiger partial charge in [-0.25, -0.2) is 0 Å². The zero-order valence-electron chi connectivity index (χ0n) is 16.4. The van der Waals surface area contributed by atoms with Crippen molar-refractivity contribution in [3.8, 4) is 5.75 Å². The number of hydrogen-bond donors (Lipinski definition) is 0. The first-order chi connectivity index (χ1) is 13.0. The monoisotopic (exact) mass is 368 g/mol. The highest BCUT2D eigenvalue weighted by molar-refractivity contribution is 5.94. The lowest BCUT2D eigenvalue weighted by Crippen LogP contribution is -2.39. The van der Waals surface area contributed by atoms with Crippen LogP contribution in [-0.2, 0) is 11.2 Å². The van der Waals surface area contributed by atoms with Crippen molar-refractivity contribution in [1.29, 1.82) is 0 Å². The van der Waals surface area contributed by atoms with Gasteiger partial charge in [-0.1, -0.05) is 12.1 Å². The number of benzene rings is 1. The lowest BCUT2D eigenvalue weighted by molar-refractivity contribution is 0.0528. The van der Waals surface area contributed by atoms with E-state index in [4.69, 9.17) is 9.47 Å². The Hall–Kier alpha value is -2.40. The van der Waals surface area contributed by atoms with Crippen LogP contribution >= 0.6 is 0 Å². The number of amides is 1. The Morgan fingerprint density at radius 3 is 2.52 bits per heavy atom. The molecule has 0 N–H and O–H groups in total. The zero-order chi connectivity index (χ0) is 19.2. The summed E-state index contributed by atoms with van der Waals surface area (Å²) in [6.45, 7) is 5.93. The van der Waals surface area contributed by atoms with E-state index in [1.54, 1.807) is 7.11 Å². The fourth-order valence-electron chi connectivity index (χ4n) is 3.51. The molecule has 0 aliphatic carbocycles. The molecule has 5 heteroatoms. The van der Waals surface area contributed by atoms with E-state index in [1.165, 1.54) is 5.56 Å². The summed E-state index contributed by atoms with van der Waals surface area (Å²) in [4.78, 5) is 19.5. The smallest absolute Gasteiger partial charge is 0.254 e. The molecule has 2 aromatic rings. The topological polar surface area (TPSA) is 51.7 Å². The second-order valence-electron chi connectivity index (χ2n) is 7.12. The van der Waals surface area contributed by atoms with Crippen molar-refractivity contribution in [2.45, 2.75) is 39.2 Å². The molecule has 0 radical (unpaired) electrons. The van der Waals surface area contributed by atoms with Crippen LogP contribution in [0.5, 0.6) is 5.75 Å². The SMILES string of the molecule is COc1ccc(CCN(CC2CCCO2)C(=O)c2cc(C)nc(C)c2)cc1. The van der Waals surface area contributed by atoms with Gasteiger partial charge in [0, 0.05) is 36.6 Å². The molecule has 2 heterocycles. The summed E-state index contributed by atoms with van der Waals surface area (Å²) in [5, 5.41) is 0. The summed E-state index contributed by atoms with van der Waals surface area (Å²) in [5.74, 6) is 0.890. The Morgan fingerprint density at radius 1 is 1.22 bits per heavy atom. The van der Waals surface area contributed by atoms with E-state index in [9.17, 15) is 4.79 Å². The van der Waals surface area contributed by atoms with Crippen molar-refractivity contribution in [1.82, 2.24) is 9.88 Å². The van der Waals surface area contributed by atoms with Crippen LogP contribution in [0, 0.1) is 13.8 Å². The minimum atomic E-state index is 0.0487. The van der Waals surface area contributed by atoms with E-state index in [1.807, 2.05) is 55.1 Å². The van der Waals surface area contributed by atoms with Gasteiger partial charge in [-0.2, -0.15) is 0 Å². The number of hydrogen-bond acceptors (Lipinski definition) is 4. The van der Waals surface area contributed by atoms with Gasteiger partial charge in [0.15, 0.2) is 0 Å². The molecule has 3 rings (SSSR count). The molecule has 1 aliphatic heterocycles. The molecule has 0 bridgehead atoms. The molecule has 0 spiro atoms. The number of carbonyl (C=O) groups is 1. The highest BCUT2D eigenvalue weighted by Gasteiger charge is 2.23. The molecule has 1 unspecified atom stereocenters. The molecule has 5 nitrogen and oxygen atoms in total. The summed E-state index contributed by atoms with van der Waals surface area (Å²) < 4.78 is 11.0. The van der Waals surface area contributed by atoms with E-state index in [0.717, 1.165) is 43.0 Å². The molecule has 1 saturated heterocycles. The van der Waals surface area contributed by atoms with Crippen LogP contribution < -0.4 is 4.74 Å². The van der Waals surface area contributed by atoms with Crippen molar-refractivity contribution < 1.29 is 14.3 Å². The maximum absolute atomic E-state index is 13.2. The van der Waals surface area contributed by atoms with Gasteiger partial charge in [-0.3, -0.25) is 9.78 Å². The van der Waals surface area contributed by atoms with Gasteiger partial charge in [0.2, 0.25) is 0 Å². The molecule has 1 aromatic carbocycles. The predicted molar refractivity (Wildman–Crippen MR) is 105 cm³/mol. The Labute approximate surface area is 161 Å². The summed E-state index contributed by atoms with van der Waals surface area (Å²) in [6.07, 6.45) is 3.01. The number of ether oxygens (including phenoxy) is 2. The maximum atomic E-state index is 13.2. The lowest BCUT2D eigenvalue weighted by atomic mass is 10.1. The van der Waals surface area contributed by atoms with Crippen LogP contribution in [0.15, 0.2) is 36.4 Å². The van der Waals surface area contributed by atoms with Crippen LogP contribution in [0.4, 0.5) is 0 Å². The van der Waals surface area contributed by atoms with Crippen LogP contribution in [-0.4, -0.2) is 48.7 Å². The van der Waals surface area contributed by atoms with Gasteiger partial charge in [0.25, 0.3) is 5.91 Å². The van der Waals surface area contributed by atoms with E-state index in [2.05, 4.69) is 4.98 Å². The normalized spacial score (nSPS) is 16.3. The summed E-state index contributed by atoms with van der Waals surface area (Å²) >= 11 is 0. The third-order valence-corrected chi connectivity index (χ3v) is 4.89. The van der Waals surface area contributed by atoms with Crippen LogP contribution in [0.25, 0.3) is 0 Å². The molecule has 1 aliphatic rings. The minimum Gasteiger partial charge on any atom is -0.497 e. The number of aromatic nitrogens is 1. The van der Waals surface area contributed by atoms with Crippen molar-refractivity contribution in [3.05, 3.63) is 58.9 Å². The summed E-state index contributed by atoms with van der Waals surface area (Å²) in [5.41, 5.74) is 3.62. The molecular formula is C22H28N2O3. The Kier molecular flexibility index (Phi) is 6.45. The third-order valence-electron chi connectivity index (χ3n) is 4.89. The first kappa shape index (κ1) is 19.4. The van der Waals surface area contributed by atoms with Gasteiger partial charge < -0.3 is 14.4 Å². The Balaban J connectivity index is 1.73. The van der Waals surface area contributed by atoms with Crippen LogP contribution in [0.2, 0.25) is 0 Å². The largest absolute Gasteiger partial charge is 0.497 e. The molecular weight excluding hydrogens is 340 g/mol. The summed E-state index contributed by atoms with van der Waals surface area (Å²) in [6, 6.07) is 11.7. The predicted octanol–water partition coefficient (Wildman–Crippen LogP) is 3.57. The first-order valence-electron chi connectivity index (χ1n) is 9.54. The number of carbonyl (C=O) groups excluding carboxylic acids is 1. The zero-order valence-corrected chi connectivity index (χ0v) is 16.4. The molecule has 1 amide bonds. The standard InChI is InChI=1S/C22H28N2O3/c1-16-13-19(14-17(2)23-16)22(25)24(15-21-5-4-12-27-21)11-10-18-6-8-20(26-3)9-7-18/h6-9,13-14,21H,4-5,10-12,15H2,1-3H3. The van der Waals surface area contributed by atoms with Crippen LogP contribution in [0.3, 0.4) is 0 Å². The quantitative estimate of drug-likeness (QED) is 0.750. The van der Waals surface area contributed by atoms with Gasteiger partial charge in [0.05, 0.1) is 13.2 Å². The second-order valence-corrected chi connectivity index (χ2v) is 7.12. The number of rotatable bonds is 7. The summed E-state index contributed by atoms with van der Waals surface area (Å²) in [7, 11) is 1.66. The molecule has 1 atom stereocenters. The van der Waals surface area contributed by atoms with E-state index in [-0.39, 0.29) is 12.0 Å². The van der Waals surface area contributed by atoms with Gasteiger partial charge in [0.1, 0.15) is 5.75 Å². The van der Waals surface area contributed by atoms with Crippen molar-refractivity contribution >= 4 is 5.91 Å². The molecule has 144 valence electrons. The number of aryl methyl sites for hydroxylation is 2. The average Bonchev–Trinajstić information content (AvgIpc) is 3.17. The van der Waals surface area contributed by atoms with Gasteiger partial charge in [-0.05, 0) is 62.9 Å². The molecule has 1 fully saturated rings. The second kappa shape index (κ2) is 9.00. The van der Waals surface area contributed by atoms with Crippen molar-refractivity contribution in [2.24, 2.45) is 0 Å². The first-order valence-corrected chi connectivity index (χ1v) is 9.54. The highest BCUT2D eigenvalue weighted by atomic mass is 16.5. The highest BCUT2D eigenvalue weighted by Crippen LogP contribution is 2.17. The molecule has 0 saturated carbocycles. The molecule has 27 heavy (non-hydrogen) atoms. The fraction of sp³-hybridized carbons (Fsp3) is 0.455. The Bertz CT molecular complexity index is 747. The maximum Gasteiger partial charge on any atom is 0.254 e. The van der Waals surface area contributed by atoms with Crippen molar-refractivity contribution in [3.63, 3.8) is 0 Å². The van der Waals surface area contributed by atoms with E-state index < -0.39 is 0 Å². The average molecular weight is 368 g/mol.